The van der Waals surface area contributed by atoms with Crippen LogP contribution in [0.4, 0.5) is 13.2 Å². The lowest BCUT2D eigenvalue weighted by atomic mass is 10.1. The van der Waals surface area contributed by atoms with Crippen LogP contribution in [0.2, 0.25) is 0 Å². The number of carbonyl (C=O) groups is 1. The third kappa shape index (κ3) is 6.26. The first kappa shape index (κ1) is 24.9. The highest BCUT2D eigenvalue weighted by Gasteiger charge is 2.31. The molecule has 0 aliphatic carbocycles. The van der Waals surface area contributed by atoms with Gasteiger partial charge in [-0.3, -0.25) is 14.6 Å². The van der Waals surface area contributed by atoms with E-state index >= 15 is 0 Å². The van der Waals surface area contributed by atoms with Crippen molar-refractivity contribution in [2.75, 3.05) is 26.2 Å². The molecule has 186 valence electrons. The molecule has 1 atom stereocenters. The number of rotatable bonds is 7. The number of carbonyl (C=O) groups excluding carboxylic acids is 1. The van der Waals surface area contributed by atoms with Crippen molar-refractivity contribution in [2.45, 2.75) is 39.2 Å². The molecule has 0 bridgehead atoms. The van der Waals surface area contributed by atoms with Crippen LogP contribution < -0.4 is 5.32 Å². The Labute approximate surface area is 201 Å². The SMILES string of the molecule is Cc1ccccc1CNC(=O)C(C)N1CCN(Cc2nc(-c3cccc(C(F)(F)F)c3)no2)CC1. The number of piperazine rings is 1. The van der Waals surface area contributed by atoms with E-state index in [1.165, 1.54) is 12.1 Å². The second-order valence-electron chi connectivity index (χ2n) is 8.72. The molecule has 7 nitrogen and oxygen atoms in total. The van der Waals surface area contributed by atoms with Crippen LogP contribution in [0.1, 0.15) is 29.5 Å². The lowest BCUT2D eigenvalue weighted by Crippen LogP contribution is -2.53. The fourth-order valence-corrected chi connectivity index (χ4v) is 4.08. The number of nitrogens with one attached hydrogen (secondary N) is 1. The molecule has 2 heterocycles. The molecule has 1 saturated heterocycles. The molecule has 1 unspecified atom stereocenters. The summed E-state index contributed by atoms with van der Waals surface area (Å²) >= 11 is 0. The summed E-state index contributed by atoms with van der Waals surface area (Å²) in [6.07, 6.45) is -4.43. The fraction of sp³-hybridized carbons (Fsp3) is 0.400. The van der Waals surface area contributed by atoms with Gasteiger partial charge in [-0.15, -0.1) is 0 Å². The van der Waals surface area contributed by atoms with Crippen LogP contribution >= 0.6 is 0 Å². The van der Waals surface area contributed by atoms with Crippen LogP contribution in [-0.2, 0) is 24.1 Å². The van der Waals surface area contributed by atoms with Crippen LogP contribution in [0.25, 0.3) is 11.4 Å². The normalized spacial score (nSPS) is 16.3. The summed E-state index contributed by atoms with van der Waals surface area (Å²) < 4.78 is 44.2. The quantitative estimate of drug-likeness (QED) is 0.545. The summed E-state index contributed by atoms with van der Waals surface area (Å²) in [5.41, 5.74) is 1.74. The van der Waals surface area contributed by atoms with Gasteiger partial charge in [-0.25, -0.2) is 0 Å². The maximum atomic E-state index is 13.0. The van der Waals surface area contributed by atoms with Gasteiger partial charge in [0.1, 0.15) is 0 Å². The van der Waals surface area contributed by atoms with E-state index < -0.39 is 11.7 Å². The lowest BCUT2D eigenvalue weighted by Gasteiger charge is -2.36. The average Bonchev–Trinajstić information content (AvgIpc) is 3.31. The van der Waals surface area contributed by atoms with Gasteiger partial charge in [-0.05, 0) is 37.1 Å². The van der Waals surface area contributed by atoms with Gasteiger partial charge in [0.15, 0.2) is 0 Å². The Morgan fingerprint density at radius 3 is 2.57 bits per heavy atom. The van der Waals surface area contributed by atoms with E-state index in [9.17, 15) is 18.0 Å². The Kier molecular flexibility index (Phi) is 7.51. The minimum absolute atomic E-state index is 0.00988. The van der Waals surface area contributed by atoms with Gasteiger partial charge in [0.05, 0.1) is 18.2 Å². The van der Waals surface area contributed by atoms with Crippen LogP contribution in [0.3, 0.4) is 0 Å². The number of benzene rings is 2. The first-order valence-electron chi connectivity index (χ1n) is 11.5. The molecule has 10 heteroatoms. The monoisotopic (exact) mass is 487 g/mol. The molecule has 1 aliphatic rings. The molecular weight excluding hydrogens is 459 g/mol. The van der Waals surface area contributed by atoms with Gasteiger partial charge in [0.2, 0.25) is 17.6 Å². The Balaban J connectivity index is 1.27. The molecule has 1 fully saturated rings. The molecule has 2 aromatic carbocycles. The van der Waals surface area contributed by atoms with Gasteiger partial charge < -0.3 is 9.84 Å². The lowest BCUT2D eigenvalue weighted by molar-refractivity contribution is -0.137. The topological polar surface area (TPSA) is 74.5 Å². The summed E-state index contributed by atoms with van der Waals surface area (Å²) in [4.78, 5) is 21.2. The fourth-order valence-electron chi connectivity index (χ4n) is 4.08. The van der Waals surface area contributed by atoms with E-state index in [0.29, 0.717) is 45.2 Å². The molecule has 0 radical (unpaired) electrons. The molecule has 35 heavy (non-hydrogen) atoms. The Hall–Kier alpha value is -3.24. The summed E-state index contributed by atoms with van der Waals surface area (Å²) in [7, 11) is 0. The van der Waals surface area contributed by atoms with E-state index in [1.54, 1.807) is 0 Å². The molecule has 3 aromatic rings. The van der Waals surface area contributed by atoms with E-state index in [-0.39, 0.29) is 23.3 Å². The molecule has 1 aliphatic heterocycles. The number of aromatic nitrogens is 2. The summed E-state index contributed by atoms with van der Waals surface area (Å²) in [5, 5.41) is 6.87. The minimum atomic E-state index is -4.43. The van der Waals surface area contributed by atoms with Crippen LogP contribution in [0.15, 0.2) is 53.1 Å². The first-order valence-corrected chi connectivity index (χ1v) is 11.5. The average molecular weight is 488 g/mol. The van der Waals surface area contributed by atoms with Crippen LogP contribution in [0, 0.1) is 6.92 Å². The summed E-state index contributed by atoms with van der Waals surface area (Å²) in [5.74, 6) is 0.461. The van der Waals surface area contributed by atoms with E-state index in [0.717, 1.165) is 23.3 Å². The number of halogens is 3. The second kappa shape index (κ2) is 10.6. The van der Waals surface area contributed by atoms with Crippen molar-refractivity contribution in [1.29, 1.82) is 0 Å². The molecule has 0 saturated carbocycles. The maximum Gasteiger partial charge on any atom is 0.416 e. The van der Waals surface area contributed by atoms with Crippen molar-refractivity contribution < 1.29 is 22.5 Å². The van der Waals surface area contributed by atoms with Gasteiger partial charge in [0, 0.05) is 38.3 Å². The van der Waals surface area contributed by atoms with Crippen molar-refractivity contribution in [3.8, 4) is 11.4 Å². The third-order valence-corrected chi connectivity index (χ3v) is 6.32. The smallest absolute Gasteiger partial charge is 0.351 e. The molecule has 0 spiro atoms. The number of aryl methyl sites for hydroxylation is 1. The summed E-state index contributed by atoms with van der Waals surface area (Å²) in [6.45, 7) is 7.64. The maximum absolute atomic E-state index is 13.0. The highest BCUT2D eigenvalue weighted by molar-refractivity contribution is 5.81. The summed E-state index contributed by atoms with van der Waals surface area (Å²) in [6, 6.07) is 12.6. The predicted octanol–water partition coefficient (Wildman–Crippen LogP) is 3.89. The second-order valence-corrected chi connectivity index (χ2v) is 8.72. The van der Waals surface area contributed by atoms with Crippen molar-refractivity contribution in [3.63, 3.8) is 0 Å². The van der Waals surface area contributed by atoms with Crippen molar-refractivity contribution >= 4 is 5.91 Å². The van der Waals surface area contributed by atoms with Gasteiger partial charge in [-0.2, -0.15) is 18.2 Å². The number of amides is 1. The third-order valence-electron chi connectivity index (χ3n) is 6.32. The van der Waals surface area contributed by atoms with Crippen molar-refractivity contribution in [2.24, 2.45) is 0 Å². The molecule has 1 amide bonds. The number of hydrogen-bond donors (Lipinski definition) is 1. The zero-order valence-electron chi connectivity index (χ0n) is 19.7. The molecule has 1 aromatic heterocycles. The predicted molar refractivity (Wildman–Crippen MR) is 124 cm³/mol. The number of nitrogens with zero attached hydrogens (tertiary/aromatic N) is 4. The molecule has 1 N–H and O–H groups in total. The minimum Gasteiger partial charge on any atom is -0.351 e. The van der Waals surface area contributed by atoms with E-state index in [1.807, 2.05) is 38.1 Å². The number of alkyl halides is 3. The van der Waals surface area contributed by atoms with Gasteiger partial charge >= 0.3 is 6.18 Å². The van der Waals surface area contributed by atoms with Crippen LogP contribution in [0.5, 0.6) is 0 Å². The van der Waals surface area contributed by atoms with Crippen LogP contribution in [-0.4, -0.2) is 58.1 Å². The van der Waals surface area contributed by atoms with E-state index in [2.05, 4.69) is 25.3 Å². The highest BCUT2D eigenvalue weighted by atomic mass is 19.4. The first-order chi connectivity index (χ1) is 16.7. The van der Waals surface area contributed by atoms with Gasteiger partial charge in [0.25, 0.3) is 0 Å². The van der Waals surface area contributed by atoms with E-state index in [4.69, 9.17) is 4.52 Å². The largest absolute Gasteiger partial charge is 0.416 e. The van der Waals surface area contributed by atoms with Gasteiger partial charge in [-0.1, -0.05) is 41.6 Å². The Morgan fingerprint density at radius 2 is 1.86 bits per heavy atom. The number of hydrogen-bond acceptors (Lipinski definition) is 6. The van der Waals surface area contributed by atoms with Crippen molar-refractivity contribution in [1.82, 2.24) is 25.3 Å². The molecule has 4 rings (SSSR count). The Bertz CT molecular complexity index is 1160. The highest BCUT2D eigenvalue weighted by Crippen LogP contribution is 2.31. The zero-order valence-corrected chi connectivity index (χ0v) is 19.7. The molecular formula is C25H28F3N5O2. The zero-order chi connectivity index (χ0) is 25.0. The standard InChI is InChI=1S/C25H28F3N5O2/c1-17-6-3-4-7-20(17)15-29-24(34)18(2)33-12-10-32(11-13-33)16-22-30-23(31-35-22)19-8-5-9-21(14-19)25(26,27)28/h3-9,14,18H,10-13,15-16H2,1-2H3,(H,29,34). The Morgan fingerprint density at radius 1 is 1.11 bits per heavy atom. The van der Waals surface area contributed by atoms with Crippen molar-refractivity contribution in [3.05, 3.63) is 71.1 Å².